The van der Waals surface area contributed by atoms with Gasteiger partial charge in [0.1, 0.15) is 5.15 Å². The number of benzene rings is 2. The molecule has 0 spiro atoms. The summed E-state index contributed by atoms with van der Waals surface area (Å²) < 4.78 is 9.33. The number of nitrogens with zero attached hydrogens (tertiary/aromatic N) is 4. The molecule has 0 saturated heterocycles. The van der Waals surface area contributed by atoms with Gasteiger partial charge >= 0.3 is 11.9 Å². The molecular weight excluding hydrogens is 615 g/mol. The lowest BCUT2D eigenvalue weighted by atomic mass is 10.1. The van der Waals surface area contributed by atoms with Crippen LogP contribution in [0.5, 0.6) is 0 Å². The van der Waals surface area contributed by atoms with Crippen LogP contribution in [0.4, 0.5) is 0 Å². The Kier molecular flexibility index (Phi) is 10.3. The van der Waals surface area contributed by atoms with E-state index in [4.69, 9.17) is 39.5 Å². The standard InChI is InChI=1S/C15H12ClN3O2.C10H9NO2.C5H4Cl2N2/c1-8-6-18-15(16)19-13(8)11-7-17-12-5-9(14(20)21-2)3-4-10(11)12;1-13-10(12)8-3-2-7-4-5-11-9(7)6-8;1-3-2-8-5(7)9-4(3)6/h3-7,17H,1-2H3;2-6,11H,1H3;2H,1H3. The summed E-state index contributed by atoms with van der Waals surface area (Å²) >= 11 is 16.9. The molecule has 0 aliphatic heterocycles. The second-order valence-electron chi connectivity index (χ2n) is 9.01. The number of aromatic amines is 2. The quantitative estimate of drug-likeness (QED) is 0.116. The number of carbonyl (C=O) groups is 2. The lowest BCUT2D eigenvalue weighted by Gasteiger charge is -2.04. The smallest absolute Gasteiger partial charge is 0.337 e. The molecule has 2 N–H and O–H groups in total. The summed E-state index contributed by atoms with van der Waals surface area (Å²) in [6.07, 6.45) is 6.95. The first-order valence-corrected chi connectivity index (χ1v) is 13.7. The number of fused-ring (bicyclic) bond motifs is 2. The molecule has 0 aliphatic rings. The maximum absolute atomic E-state index is 11.6. The van der Waals surface area contributed by atoms with Gasteiger partial charge in [-0.2, -0.15) is 0 Å². The fourth-order valence-electron chi connectivity index (χ4n) is 3.95. The van der Waals surface area contributed by atoms with Crippen molar-refractivity contribution >= 4 is 68.5 Å². The summed E-state index contributed by atoms with van der Waals surface area (Å²) in [6.45, 7) is 3.74. The molecule has 2 aromatic carbocycles. The molecule has 0 radical (unpaired) electrons. The Morgan fingerprint density at radius 3 is 1.98 bits per heavy atom. The van der Waals surface area contributed by atoms with E-state index in [-0.39, 0.29) is 22.5 Å². The molecule has 0 fully saturated rings. The number of rotatable bonds is 3. The van der Waals surface area contributed by atoms with E-state index in [0.29, 0.717) is 16.3 Å². The van der Waals surface area contributed by atoms with Crippen molar-refractivity contribution < 1.29 is 19.1 Å². The van der Waals surface area contributed by atoms with Crippen LogP contribution in [0.2, 0.25) is 15.7 Å². The van der Waals surface area contributed by atoms with E-state index in [2.05, 4.69) is 34.6 Å². The SMILES string of the molecule is COC(=O)c1ccc2c(-c3nc(Cl)ncc3C)c[nH]c2c1.COC(=O)c1ccc2cc[nH]c2c1.Cc1cnc(Cl)nc1Cl. The summed E-state index contributed by atoms with van der Waals surface area (Å²) in [5.74, 6) is -0.675. The molecule has 13 heteroatoms. The Hall–Kier alpha value is -4.51. The second-order valence-corrected chi connectivity index (χ2v) is 10.0. The van der Waals surface area contributed by atoms with Gasteiger partial charge < -0.3 is 19.4 Å². The number of aromatic nitrogens is 6. The van der Waals surface area contributed by atoms with Crippen LogP contribution in [-0.2, 0) is 9.47 Å². The molecule has 4 aromatic heterocycles. The number of methoxy groups -OCH3 is 2. The van der Waals surface area contributed by atoms with Gasteiger partial charge in [0.25, 0.3) is 0 Å². The Bertz CT molecular complexity index is 1920. The first-order chi connectivity index (χ1) is 20.6. The Morgan fingerprint density at radius 1 is 0.744 bits per heavy atom. The summed E-state index contributed by atoms with van der Waals surface area (Å²) in [6, 6.07) is 12.7. The zero-order valence-corrected chi connectivity index (χ0v) is 25.7. The zero-order valence-electron chi connectivity index (χ0n) is 23.4. The van der Waals surface area contributed by atoms with Gasteiger partial charge in [-0.3, -0.25) is 0 Å². The van der Waals surface area contributed by atoms with Gasteiger partial charge in [0, 0.05) is 52.3 Å². The van der Waals surface area contributed by atoms with E-state index in [9.17, 15) is 9.59 Å². The van der Waals surface area contributed by atoms with E-state index < -0.39 is 0 Å². The number of hydrogen-bond acceptors (Lipinski definition) is 8. The van der Waals surface area contributed by atoms with E-state index >= 15 is 0 Å². The Balaban J connectivity index is 0.000000163. The fraction of sp³-hybridized carbons (Fsp3) is 0.133. The molecular formula is C30H25Cl3N6O4. The van der Waals surface area contributed by atoms with Gasteiger partial charge in [0.15, 0.2) is 0 Å². The lowest BCUT2D eigenvalue weighted by Crippen LogP contribution is -2.00. The van der Waals surface area contributed by atoms with Gasteiger partial charge in [-0.05, 0) is 78.3 Å². The third-order valence-corrected chi connectivity index (χ3v) is 6.90. The van der Waals surface area contributed by atoms with Gasteiger partial charge in [0.2, 0.25) is 10.6 Å². The Labute approximate surface area is 261 Å². The van der Waals surface area contributed by atoms with Crippen molar-refractivity contribution in [1.82, 2.24) is 29.9 Å². The number of esters is 2. The molecule has 4 heterocycles. The molecule has 0 amide bonds. The van der Waals surface area contributed by atoms with Gasteiger partial charge in [-0.15, -0.1) is 0 Å². The highest BCUT2D eigenvalue weighted by Crippen LogP contribution is 2.30. The minimum atomic E-state index is -0.366. The second kappa shape index (κ2) is 14.1. The topological polar surface area (TPSA) is 136 Å². The van der Waals surface area contributed by atoms with Crippen LogP contribution >= 0.6 is 34.8 Å². The van der Waals surface area contributed by atoms with Crippen molar-refractivity contribution in [3.05, 3.63) is 105 Å². The molecule has 6 rings (SSSR count). The number of ether oxygens (including phenoxy) is 2. The van der Waals surface area contributed by atoms with Gasteiger partial charge in [-0.1, -0.05) is 23.7 Å². The maximum atomic E-state index is 11.6. The van der Waals surface area contributed by atoms with E-state index in [1.807, 2.05) is 44.4 Å². The Morgan fingerprint density at radius 2 is 1.35 bits per heavy atom. The predicted molar refractivity (Wildman–Crippen MR) is 167 cm³/mol. The van der Waals surface area contributed by atoms with Crippen molar-refractivity contribution in [2.45, 2.75) is 13.8 Å². The van der Waals surface area contributed by atoms with Crippen molar-refractivity contribution in [1.29, 1.82) is 0 Å². The van der Waals surface area contributed by atoms with E-state index in [1.165, 1.54) is 14.2 Å². The van der Waals surface area contributed by atoms with Crippen molar-refractivity contribution in [2.24, 2.45) is 0 Å². The number of hydrogen-bond donors (Lipinski definition) is 2. The van der Waals surface area contributed by atoms with Crippen LogP contribution in [0.3, 0.4) is 0 Å². The predicted octanol–water partition coefficient (Wildman–Crippen LogP) is 7.42. The number of halogens is 3. The first-order valence-electron chi connectivity index (χ1n) is 12.6. The largest absolute Gasteiger partial charge is 0.465 e. The van der Waals surface area contributed by atoms with E-state index in [1.54, 1.807) is 36.7 Å². The highest BCUT2D eigenvalue weighted by Gasteiger charge is 2.13. The average Bonchev–Trinajstić information content (AvgIpc) is 3.66. The van der Waals surface area contributed by atoms with Crippen molar-refractivity contribution in [2.75, 3.05) is 14.2 Å². The molecule has 10 nitrogen and oxygen atoms in total. The van der Waals surface area contributed by atoms with Crippen LogP contribution in [0, 0.1) is 13.8 Å². The van der Waals surface area contributed by atoms with Gasteiger partial charge in [-0.25, -0.2) is 29.5 Å². The third kappa shape index (κ3) is 7.66. The number of H-pyrrole nitrogens is 2. The summed E-state index contributed by atoms with van der Waals surface area (Å²) in [7, 11) is 2.74. The summed E-state index contributed by atoms with van der Waals surface area (Å²) in [5, 5.41) is 2.85. The maximum Gasteiger partial charge on any atom is 0.337 e. The number of nitrogens with one attached hydrogen (secondary N) is 2. The van der Waals surface area contributed by atoms with E-state index in [0.717, 1.165) is 44.2 Å². The molecule has 6 aromatic rings. The van der Waals surface area contributed by atoms with Crippen LogP contribution in [0.1, 0.15) is 31.8 Å². The normalized spacial score (nSPS) is 10.4. The monoisotopic (exact) mass is 638 g/mol. The molecule has 43 heavy (non-hydrogen) atoms. The van der Waals surface area contributed by atoms with Crippen LogP contribution < -0.4 is 0 Å². The highest BCUT2D eigenvalue weighted by atomic mass is 35.5. The average molecular weight is 640 g/mol. The van der Waals surface area contributed by atoms with Crippen LogP contribution in [0.25, 0.3) is 33.1 Å². The first kappa shape index (κ1) is 31.4. The van der Waals surface area contributed by atoms with Crippen LogP contribution in [0.15, 0.2) is 67.3 Å². The summed E-state index contributed by atoms with van der Waals surface area (Å²) in [4.78, 5) is 44.5. The minimum absolute atomic E-state index is 0.186. The molecule has 0 aliphatic carbocycles. The number of carbonyl (C=O) groups excluding carboxylic acids is 2. The molecule has 0 unspecified atom stereocenters. The molecule has 220 valence electrons. The van der Waals surface area contributed by atoms with Gasteiger partial charge in [0.05, 0.1) is 31.0 Å². The lowest BCUT2D eigenvalue weighted by molar-refractivity contribution is 0.0592. The zero-order chi connectivity index (χ0) is 31.1. The third-order valence-electron chi connectivity index (χ3n) is 6.16. The molecule has 0 atom stereocenters. The minimum Gasteiger partial charge on any atom is -0.465 e. The number of aryl methyl sites for hydroxylation is 2. The highest BCUT2D eigenvalue weighted by molar-refractivity contribution is 6.32. The summed E-state index contributed by atoms with van der Waals surface area (Å²) in [5.41, 5.74) is 6.30. The van der Waals surface area contributed by atoms with Crippen molar-refractivity contribution in [3.63, 3.8) is 0 Å². The molecule has 0 bridgehead atoms. The van der Waals surface area contributed by atoms with Crippen LogP contribution in [-0.4, -0.2) is 56.1 Å². The fourth-order valence-corrected chi connectivity index (χ4v) is 4.39. The molecule has 0 saturated carbocycles. The van der Waals surface area contributed by atoms with Crippen molar-refractivity contribution in [3.8, 4) is 11.3 Å².